The van der Waals surface area contributed by atoms with Crippen LogP contribution in [0.1, 0.15) is 162 Å². The molecule has 1 atom stereocenters. The summed E-state index contributed by atoms with van der Waals surface area (Å²) >= 11 is 1.46. The van der Waals surface area contributed by atoms with Crippen molar-refractivity contribution in [1.82, 2.24) is 0 Å². The van der Waals surface area contributed by atoms with Crippen molar-refractivity contribution in [1.29, 1.82) is 0 Å². The van der Waals surface area contributed by atoms with E-state index in [1.54, 1.807) is 0 Å². The molecular weight excluding hydrogens is 629 g/mol. The first-order chi connectivity index (χ1) is 22.0. The van der Waals surface area contributed by atoms with Crippen LogP contribution in [-0.2, 0) is 19.8 Å². The van der Waals surface area contributed by atoms with Gasteiger partial charge >= 0.3 is 11.9 Å². The lowest BCUT2D eigenvalue weighted by molar-refractivity contribution is 0.00931. The summed E-state index contributed by atoms with van der Waals surface area (Å²) in [6.07, 6.45) is 0. The van der Waals surface area contributed by atoms with Crippen molar-refractivity contribution in [2.45, 2.75) is 141 Å². The monoisotopic (exact) mass is 686 g/mol. The van der Waals surface area contributed by atoms with Crippen LogP contribution in [0.15, 0.2) is 0 Å². The number of hydrogen-bond donors (Lipinski definition) is 0. The van der Waals surface area contributed by atoms with Crippen LogP contribution in [0.4, 0.5) is 0 Å². The average Bonchev–Trinajstić information content (AvgIpc) is 3.41. The zero-order chi connectivity index (χ0) is 36.5. The molecule has 3 aliphatic rings. The molecule has 0 fully saturated rings. The first-order valence-electron chi connectivity index (χ1n) is 16.9. The molecule has 0 saturated heterocycles. The van der Waals surface area contributed by atoms with E-state index in [2.05, 4.69) is 90.0 Å². The minimum Gasteiger partial charge on any atom is -0.461 e. The summed E-state index contributed by atoms with van der Waals surface area (Å²) in [7, 11) is 0. The third-order valence-corrected chi connectivity index (χ3v) is 12.7. The highest BCUT2D eigenvalue weighted by Crippen LogP contribution is 2.50. The first-order valence-corrected chi connectivity index (χ1v) is 17.8. The fourth-order valence-electron chi connectivity index (χ4n) is 7.88. The Labute approximate surface area is 300 Å². The molecular formula is C43H58O5S. The van der Waals surface area contributed by atoms with Crippen molar-refractivity contribution in [3.05, 3.63) is 100 Å². The van der Waals surface area contributed by atoms with Gasteiger partial charge in [0.15, 0.2) is 0 Å². The molecule has 6 rings (SSSR count). The molecule has 5 nitrogen and oxygen atoms in total. The van der Waals surface area contributed by atoms with E-state index in [1.165, 1.54) is 78.5 Å². The maximum Gasteiger partial charge on any atom is 0.339 e. The molecule has 0 radical (unpaired) electrons. The normalized spacial score (nSPS) is 17.7. The molecule has 0 aromatic heterocycles. The molecule has 0 aliphatic carbocycles. The molecule has 0 saturated carbocycles. The zero-order valence-electron chi connectivity index (χ0n) is 32.2. The van der Waals surface area contributed by atoms with Crippen LogP contribution in [0, 0.1) is 83.1 Å². The number of cyclic esters (lactones) is 2. The molecule has 266 valence electrons. The maximum absolute atomic E-state index is 12.1. The van der Waals surface area contributed by atoms with Gasteiger partial charge in [0.2, 0.25) is 5.12 Å². The van der Waals surface area contributed by atoms with Gasteiger partial charge in [-0.15, -0.1) is 0 Å². The summed E-state index contributed by atoms with van der Waals surface area (Å²) in [5, 5.41) is 0.240. The highest BCUT2D eigenvalue weighted by Gasteiger charge is 2.42. The van der Waals surface area contributed by atoms with Gasteiger partial charge in [-0.25, -0.2) is 9.59 Å². The lowest BCUT2D eigenvalue weighted by atomic mass is 9.82. The quantitative estimate of drug-likeness (QED) is 0.219. The maximum atomic E-state index is 12.1. The molecule has 0 amide bonds. The number of benzene rings is 3. The van der Waals surface area contributed by atoms with Crippen molar-refractivity contribution in [2.75, 3.05) is 6.61 Å². The van der Waals surface area contributed by atoms with Gasteiger partial charge < -0.3 is 9.47 Å². The predicted molar refractivity (Wildman–Crippen MR) is 205 cm³/mol. The first kappa shape index (κ1) is 40.1. The number of thioether (sulfide) groups is 1. The summed E-state index contributed by atoms with van der Waals surface area (Å²) in [6, 6.07) is 0. The van der Waals surface area contributed by atoms with Crippen LogP contribution < -0.4 is 0 Å². The van der Waals surface area contributed by atoms with Crippen molar-refractivity contribution < 1.29 is 23.9 Å². The topological polar surface area (TPSA) is 69.7 Å². The van der Waals surface area contributed by atoms with E-state index in [-0.39, 0.29) is 29.2 Å². The Morgan fingerprint density at radius 2 is 0.939 bits per heavy atom. The van der Waals surface area contributed by atoms with Crippen LogP contribution in [0.3, 0.4) is 0 Å². The Morgan fingerprint density at radius 1 is 0.531 bits per heavy atom. The third kappa shape index (κ3) is 6.51. The van der Waals surface area contributed by atoms with Gasteiger partial charge in [-0.2, -0.15) is 0 Å². The Bertz CT molecular complexity index is 1790. The molecule has 3 aromatic rings. The van der Waals surface area contributed by atoms with Gasteiger partial charge in [0.25, 0.3) is 0 Å². The van der Waals surface area contributed by atoms with Gasteiger partial charge in [-0.3, -0.25) is 4.79 Å². The fourth-order valence-corrected chi connectivity index (χ4v) is 9.06. The fraction of sp³-hybridized carbons (Fsp3) is 0.512. The van der Waals surface area contributed by atoms with E-state index in [0.29, 0.717) is 12.5 Å². The molecule has 6 heteroatoms. The van der Waals surface area contributed by atoms with E-state index < -0.39 is 5.60 Å². The highest BCUT2D eigenvalue weighted by molar-refractivity contribution is 8.15. The van der Waals surface area contributed by atoms with E-state index in [9.17, 15) is 14.4 Å². The molecule has 49 heavy (non-hydrogen) atoms. The number of fused-ring (bicyclic) bond motifs is 3. The SMILES string of the molecule is C.Cc1c(C)c(C)c2c(c1C)C(=O)OC2(C)C.Cc1c(C)c(C)c2c(c1C)C(=O)OCC2C.Cc1c(C)c(C)c2c(c1C)C(=O)SC2(C)C. The minimum absolute atomic E-state index is 0. The van der Waals surface area contributed by atoms with Crippen LogP contribution in [0.5, 0.6) is 0 Å². The van der Waals surface area contributed by atoms with Gasteiger partial charge in [-0.05, 0) is 189 Å². The summed E-state index contributed by atoms with van der Waals surface area (Å²) in [6.45, 7) is 35.9. The lowest BCUT2D eigenvalue weighted by Crippen LogP contribution is -2.24. The Kier molecular flexibility index (Phi) is 11.2. The molecule has 1 unspecified atom stereocenters. The number of rotatable bonds is 0. The standard InChI is InChI=1S/2C14H18O2.C14H18OS.CH4/c1-7-8(2)10(4)12-11(9(7)3)13(15)16-14(12,5)6;1-7-6-16-14(15)13-11(5)9(3)8(2)10(4)12(7)13;1-7-8(2)10(4)12-11(9(7)3)13(15)16-14(12,5)6;/h1-6H3;7H,6H2,1-5H3;1-6H3;1H4. The second-order valence-corrected chi connectivity index (χ2v) is 16.7. The second kappa shape index (κ2) is 13.7. The van der Waals surface area contributed by atoms with E-state index in [4.69, 9.17) is 9.47 Å². The van der Waals surface area contributed by atoms with Crippen molar-refractivity contribution in [3.63, 3.8) is 0 Å². The van der Waals surface area contributed by atoms with Gasteiger partial charge in [0.1, 0.15) is 5.60 Å². The molecule has 0 N–H and O–H groups in total. The third-order valence-electron chi connectivity index (χ3n) is 11.6. The molecule has 0 spiro atoms. The van der Waals surface area contributed by atoms with Gasteiger partial charge in [0, 0.05) is 21.8 Å². The van der Waals surface area contributed by atoms with E-state index in [1.807, 2.05) is 27.7 Å². The predicted octanol–water partition coefficient (Wildman–Crippen LogP) is 11.2. The van der Waals surface area contributed by atoms with Gasteiger partial charge in [-0.1, -0.05) is 26.1 Å². The van der Waals surface area contributed by atoms with Crippen molar-refractivity contribution in [3.8, 4) is 0 Å². The van der Waals surface area contributed by atoms with Gasteiger partial charge in [0.05, 0.1) is 17.7 Å². The lowest BCUT2D eigenvalue weighted by Gasteiger charge is -2.27. The number of ether oxygens (including phenoxy) is 2. The molecule has 3 aromatic carbocycles. The average molecular weight is 687 g/mol. The number of esters is 2. The van der Waals surface area contributed by atoms with E-state index >= 15 is 0 Å². The second-order valence-electron chi connectivity index (χ2n) is 15.1. The minimum atomic E-state index is -0.486. The van der Waals surface area contributed by atoms with Crippen molar-refractivity contribution >= 4 is 28.8 Å². The molecule has 0 bridgehead atoms. The van der Waals surface area contributed by atoms with Crippen LogP contribution in [0.2, 0.25) is 0 Å². The Hall–Kier alpha value is -3.38. The highest BCUT2D eigenvalue weighted by atomic mass is 32.2. The van der Waals surface area contributed by atoms with Crippen LogP contribution in [0.25, 0.3) is 0 Å². The van der Waals surface area contributed by atoms with E-state index in [0.717, 1.165) is 33.4 Å². The summed E-state index contributed by atoms with van der Waals surface area (Å²) in [4.78, 5) is 35.8. The van der Waals surface area contributed by atoms with Crippen LogP contribution in [-0.4, -0.2) is 23.7 Å². The van der Waals surface area contributed by atoms with Crippen LogP contribution >= 0.6 is 11.8 Å². The molecule has 3 aliphatic heterocycles. The Morgan fingerprint density at radius 3 is 1.45 bits per heavy atom. The largest absolute Gasteiger partial charge is 0.461 e. The summed E-state index contributed by atoms with van der Waals surface area (Å²) < 4.78 is 10.6. The molecule has 3 heterocycles. The van der Waals surface area contributed by atoms with Crippen molar-refractivity contribution in [2.24, 2.45) is 0 Å². The number of carbonyl (C=O) groups is 3. The number of carbonyl (C=O) groups excluding carboxylic acids is 3. The zero-order valence-corrected chi connectivity index (χ0v) is 33.1. The number of hydrogen-bond acceptors (Lipinski definition) is 6. The smallest absolute Gasteiger partial charge is 0.339 e. The summed E-state index contributed by atoms with van der Waals surface area (Å²) in [5.41, 5.74) is 20.2. The summed E-state index contributed by atoms with van der Waals surface area (Å²) in [5.74, 6) is -0.0220. The Balaban J connectivity index is 0.000000197.